The maximum atomic E-state index is 11.5. The van der Waals surface area contributed by atoms with E-state index in [1.54, 1.807) is 18.2 Å². The van der Waals surface area contributed by atoms with Crippen LogP contribution in [0.2, 0.25) is 0 Å². The number of azo groups is 1. The molecule has 0 atom stereocenters. The molecule has 7 nitrogen and oxygen atoms in total. The lowest BCUT2D eigenvalue weighted by atomic mass is 9.79. The van der Waals surface area contributed by atoms with Crippen LogP contribution < -0.4 is 5.69 Å². The second kappa shape index (κ2) is 6.58. The van der Waals surface area contributed by atoms with E-state index in [1.807, 2.05) is 6.07 Å². The summed E-state index contributed by atoms with van der Waals surface area (Å²) in [5.74, 6) is -0.263. The summed E-state index contributed by atoms with van der Waals surface area (Å²) < 4.78 is 5.74. The SMILES string of the molecule is CC(C)(C)c1cc(C(C)(C)C)c2oc(O)c(N=Nc3ccc4[nH]c(=O)[nH]c4c3)c2c1. The van der Waals surface area contributed by atoms with Crippen molar-refractivity contribution in [2.45, 2.75) is 52.4 Å². The van der Waals surface area contributed by atoms with E-state index in [1.165, 1.54) is 0 Å². The molecule has 0 aliphatic heterocycles. The van der Waals surface area contributed by atoms with Gasteiger partial charge >= 0.3 is 11.6 Å². The largest absolute Gasteiger partial charge is 0.479 e. The lowest BCUT2D eigenvalue weighted by Gasteiger charge is -2.25. The molecule has 0 radical (unpaired) electrons. The Bertz CT molecular complexity index is 1340. The number of nitrogens with one attached hydrogen (secondary N) is 2. The van der Waals surface area contributed by atoms with Gasteiger partial charge in [-0.25, -0.2) is 4.79 Å². The minimum Gasteiger partial charge on any atom is -0.479 e. The Morgan fingerprint density at radius 3 is 2.27 bits per heavy atom. The summed E-state index contributed by atoms with van der Waals surface area (Å²) in [5, 5.41) is 19.8. The predicted molar refractivity (Wildman–Crippen MR) is 118 cm³/mol. The van der Waals surface area contributed by atoms with Gasteiger partial charge in [0.15, 0.2) is 5.69 Å². The number of aromatic nitrogens is 2. The molecule has 4 rings (SSSR count). The van der Waals surface area contributed by atoms with Crippen LogP contribution in [-0.2, 0) is 10.8 Å². The van der Waals surface area contributed by atoms with Crippen LogP contribution in [0.5, 0.6) is 5.95 Å². The van der Waals surface area contributed by atoms with Gasteiger partial charge < -0.3 is 19.5 Å². The van der Waals surface area contributed by atoms with Crippen molar-refractivity contribution >= 4 is 33.4 Å². The Morgan fingerprint density at radius 1 is 0.900 bits per heavy atom. The first kappa shape index (κ1) is 19.9. The third-order valence-corrected chi connectivity index (χ3v) is 5.18. The van der Waals surface area contributed by atoms with Gasteiger partial charge in [0, 0.05) is 5.56 Å². The molecule has 4 aromatic rings. The number of aromatic hydroxyl groups is 1. The van der Waals surface area contributed by atoms with E-state index in [9.17, 15) is 9.90 Å². The molecule has 2 heterocycles. The minimum absolute atomic E-state index is 0.0827. The van der Waals surface area contributed by atoms with Crippen molar-refractivity contribution in [3.63, 3.8) is 0 Å². The predicted octanol–water partition coefficient (Wildman–Crippen LogP) is 6.32. The van der Waals surface area contributed by atoms with E-state index in [2.05, 4.69) is 67.8 Å². The highest BCUT2D eigenvalue weighted by Gasteiger charge is 2.27. The van der Waals surface area contributed by atoms with E-state index in [0.717, 1.165) is 16.5 Å². The fourth-order valence-electron chi connectivity index (χ4n) is 3.45. The number of hydrogen-bond donors (Lipinski definition) is 3. The average molecular weight is 406 g/mol. The molecule has 30 heavy (non-hydrogen) atoms. The number of rotatable bonds is 2. The Hall–Kier alpha value is -3.35. The summed E-state index contributed by atoms with van der Waals surface area (Å²) in [4.78, 5) is 16.8. The van der Waals surface area contributed by atoms with Gasteiger partial charge in [-0.1, -0.05) is 47.6 Å². The third-order valence-electron chi connectivity index (χ3n) is 5.18. The molecular formula is C23H26N4O3. The standard InChI is InChI=1S/C23H26N4O3/c1-22(2,3)12-9-14-18(20(28)30-19(14)15(10-12)23(4,5)6)27-26-13-7-8-16-17(11-13)25-21(29)24-16/h7-11,28H,1-6H3,(H2,24,25,29). The van der Waals surface area contributed by atoms with Gasteiger partial charge in [-0.15, -0.1) is 5.11 Å². The zero-order valence-corrected chi connectivity index (χ0v) is 18.0. The molecule has 3 N–H and O–H groups in total. The number of imidazole rings is 1. The van der Waals surface area contributed by atoms with Crippen molar-refractivity contribution in [3.05, 3.63) is 51.9 Å². The highest BCUT2D eigenvalue weighted by molar-refractivity contribution is 5.95. The molecule has 0 bridgehead atoms. The highest BCUT2D eigenvalue weighted by atomic mass is 16.5. The second-order valence-electron chi connectivity index (χ2n) is 9.67. The Morgan fingerprint density at radius 2 is 1.60 bits per heavy atom. The van der Waals surface area contributed by atoms with Gasteiger partial charge in [0.2, 0.25) is 0 Å². The summed E-state index contributed by atoms with van der Waals surface area (Å²) in [5.41, 5.74) is 4.40. The van der Waals surface area contributed by atoms with E-state index in [4.69, 9.17) is 4.42 Å². The van der Waals surface area contributed by atoms with Crippen LogP contribution in [0.3, 0.4) is 0 Å². The molecule has 0 aliphatic rings. The van der Waals surface area contributed by atoms with Gasteiger partial charge in [-0.3, -0.25) is 0 Å². The maximum absolute atomic E-state index is 11.5. The van der Waals surface area contributed by atoms with Crippen molar-refractivity contribution in [1.29, 1.82) is 0 Å². The number of nitrogens with zero attached hydrogens (tertiary/aromatic N) is 2. The van der Waals surface area contributed by atoms with Crippen LogP contribution in [-0.4, -0.2) is 15.1 Å². The molecule has 2 aromatic carbocycles. The molecule has 7 heteroatoms. The molecule has 0 saturated carbocycles. The summed E-state index contributed by atoms with van der Waals surface area (Å²) >= 11 is 0. The Balaban J connectivity index is 1.88. The summed E-state index contributed by atoms with van der Waals surface area (Å²) in [6, 6.07) is 9.37. The zero-order chi connectivity index (χ0) is 21.8. The lowest BCUT2D eigenvalue weighted by molar-refractivity contribution is 0.346. The fourth-order valence-corrected chi connectivity index (χ4v) is 3.45. The number of fused-ring (bicyclic) bond motifs is 2. The molecule has 156 valence electrons. The molecule has 0 saturated heterocycles. The zero-order valence-electron chi connectivity index (χ0n) is 18.0. The fraction of sp³-hybridized carbons (Fsp3) is 0.348. The summed E-state index contributed by atoms with van der Waals surface area (Å²) in [6.45, 7) is 12.8. The Labute approximate surface area is 173 Å². The van der Waals surface area contributed by atoms with Crippen molar-refractivity contribution in [3.8, 4) is 5.95 Å². The Kier molecular flexibility index (Phi) is 4.38. The summed E-state index contributed by atoms with van der Waals surface area (Å²) in [7, 11) is 0. The van der Waals surface area contributed by atoms with Crippen molar-refractivity contribution in [1.82, 2.24) is 9.97 Å². The molecule has 0 fully saturated rings. The van der Waals surface area contributed by atoms with Crippen LogP contribution in [0, 0.1) is 0 Å². The van der Waals surface area contributed by atoms with Crippen molar-refractivity contribution in [2.24, 2.45) is 10.2 Å². The quantitative estimate of drug-likeness (QED) is 0.339. The van der Waals surface area contributed by atoms with Gasteiger partial charge in [0.05, 0.1) is 22.1 Å². The van der Waals surface area contributed by atoms with Crippen LogP contribution in [0.1, 0.15) is 52.7 Å². The first-order valence-corrected chi connectivity index (χ1v) is 9.88. The summed E-state index contributed by atoms with van der Waals surface area (Å²) in [6.07, 6.45) is 0. The number of benzene rings is 2. The molecule has 2 aromatic heterocycles. The molecule has 0 spiro atoms. The number of aromatic amines is 2. The van der Waals surface area contributed by atoms with Gasteiger partial charge in [0.1, 0.15) is 5.58 Å². The maximum Gasteiger partial charge on any atom is 0.323 e. The van der Waals surface area contributed by atoms with E-state index < -0.39 is 0 Å². The third kappa shape index (κ3) is 3.51. The van der Waals surface area contributed by atoms with Crippen molar-refractivity contribution < 1.29 is 9.52 Å². The second-order valence-corrected chi connectivity index (χ2v) is 9.67. The topological polar surface area (TPSA) is 107 Å². The molecule has 0 unspecified atom stereocenters. The smallest absolute Gasteiger partial charge is 0.323 e. The average Bonchev–Trinajstić information content (AvgIpc) is 3.14. The molecular weight excluding hydrogens is 380 g/mol. The first-order valence-electron chi connectivity index (χ1n) is 9.88. The van der Waals surface area contributed by atoms with Crippen LogP contribution in [0.25, 0.3) is 22.0 Å². The molecule has 0 amide bonds. The van der Waals surface area contributed by atoms with Gasteiger partial charge in [0.25, 0.3) is 0 Å². The lowest BCUT2D eigenvalue weighted by Crippen LogP contribution is -2.16. The normalized spacial score (nSPS) is 13.1. The first-order chi connectivity index (χ1) is 13.9. The van der Waals surface area contributed by atoms with E-state index in [0.29, 0.717) is 28.0 Å². The van der Waals surface area contributed by atoms with Gasteiger partial charge in [-0.05, 0) is 40.7 Å². The minimum atomic E-state index is -0.276. The highest BCUT2D eigenvalue weighted by Crippen LogP contribution is 2.45. The van der Waals surface area contributed by atoms with Crippen LogP contribution >= 0.6 is 0 Å². The van der Waals surface area contributed by atoms with Crippen LogP contribution in [0.15, 0.2) is 49.8 Å². The number of H-pyrrole nitrogens is 2. The monoisotopic (exact) mass is 406 g/mol. The van der Waals surface area contributed by atoms with Crippen molar-refractivity contribution in [2.75, 3.05) is 0 Å². The van der Waals surface area contributed by atoms with E-state index >= 15 is 0 Å². The van der Waals surface area contributed by atoms with Gasteiger partial charge in [-0.2, -0.15) is 5.11 Å². The number of furan rings is 1. The number of hydrogen-bond acceptors (Lipinski definition) is 5. The van der Waals surface area contributed by atoms with E-state index in [-0.39, 0.29) is 22.5 Å². The molecule has 0 aliphatic carbocycles. The van der Waals surface area contributed by atoms with Crippen LogP contribution in [0.4, 0.5) is 11.4 Å².